The fourth-order valence-electron chi connectivity index (χ4n) is 0.907. The van der Waals surface area contributed by atoms with E-state index in [0.717, 1.165) is 31.1 Å². The Labute approximate surface area is 154 Å². The molecule has 0 bridgehead atoms. The standard InChI is InChI=1S/C7H12O2.C6H8O4.C5H8O2/c1-3-5-6-9-7(8)4-2;1-2-10-6(9)4-3-5(7)8;1-3-5(6)7-4-2/h4H,2-3,5-6H2,1H3;3-4H,2H2,1H3,(H,7,8);3H,1,4H2,2H3/b;4-3+;. The second kappa shape index (κ2) is 22.1. The lowest BCUT2D eigenvalue weighted by Gasteiger charge is -1.97. The van der Waals surface area contributed by atoms with Crippen molar-refractivity contribution in [3.05, 3.63) is 37.5 Å². The van der Waals surface area contributed by atoms with E-state index >= 15 is 0 Å². The summed E-state index contributed by atoms with van der Waals surface area (Å²) in [6, 6.07) is 0. The van der Waals surface area contributed by atoms with Crippen molar-refractivity contribution < 1.29 is 38.5 Å². The van der Waals surface area contributed by atoms with Crippen LogP contribution in [0.1, 0.15) is 33.6 Å². The number of hydrogen-bond donors (Lipinski definition) is 1. The number of rotatable bonds is 9. The molecule has 0 fully saturated rings. The van der Waals surface area contributed by atoms with Crippen LogP contribution in [0, 0.1) is 0 Å². The normalized spacial score (nSPS) is 8.73. The Kier molecular flexibility index (Phi) is 23.7. The highest BCUT2D eigenvalue weighted by atomic mass is 16.5. The SMILES string of the molecule is C=CC(=O)OCC.C=CC(=O)OCCCC.CCOC(=O)/C=C/C(=O)O. The molecule has 8 heteroatoms. The minimum Gasteiger partial charge on any atom is -0.478 e. The van der Waals surface area contributed by atoms with E-state index in [2.05, 4.69) is 27.4 Å². The number of aliphatic carboxylic acids is 1. The number of carboxylic acids is 1. The van der Waals surface area contributed by atoms with Crippen LogP contribution in [0.4, 0.5) is 0 Å². The summed E-state index contributed by atoms with van der Waals surface area (Å²) in [6.07, 6.45) is 5.90. The average Bonchev–Trinajstić information content (AvgIpc) is 2.61. The van der Waals surface area contributed by atoms with E-state index in [1.165, 1.54) is 6.08 Å². The zero-order valence-electron chi connectivity index (χ0n) is 15.6. The Morgan fingerprint density at radius 3 is 1.62 bits per heavy atom. The summed E-state index contributed by atoms with van der Waals surface area (Å²) < 4.78 is 13.5. The molecule has 0 unspecified atom stereocenters. The molecule has 0 aliphatic heterocycles. The Morgan fingerprint density at radius 1 is 0.808 bits per heavy atom. The number of carbonyl (C=O) groups is 4. The number of unbranched alkanes of at least 4 members (excludes halogenated alkanes) is 1. The molecule has 0 aromatic heterocycles. The molecule has 0 aliphatic rings. The number of esters is 3. The summed E-state index contributed by atoms with van der Waals surface area (Å²) in [5, 5.41) is 8.04. The van der Waals surface area contributed by atoms with Gasteiger partial charge in [-0.3, -0.25) is 0 Å². The van der Waals surface area contributed by atoms with E-state index in [-0.39, 0.29) is 18.5 Å². The molecule has 0 amide bonds. The summed E-state index contributed by atoms with van der Waals surface area (Å²) in [5.74, 6) is -2.48. The average molecular weight is 372 g/mol. The lowest BCUT2D eigenvalue weighted by atomic mass is 10.4. The van der Waals surface area contributed by atoms with Gasteiger partial charge in [0.05, 0.1) is 19.8 Å². The van der Waals surface area contributed by atoms with Crippen molar-refractivity contribution >= 4 is 23.9 Å². The van der Waals surface area contributed by atoms with Gasteiger partial charge in [-0.2, -0.15) is 0 Å². The molecule has 0 aromatic rings. The number of hydrogen-bond acceptors (Lipinski definition) is 7. The first-order valence-corrected chi connectivity index (χ1v) is 7.94. The fraction of sp³-hybridized carbons (Fsp3) is 0.444. The molecule has 1 N–H and O–H groups in total. The number of carboxylic acid groups (broad SMARTS) is 1. The maximum absolute atomic E-state index is 10.4. The summed E-state index contributed by atoms with van der Waals surface area (Å²) in [4.78, 5) is 40.6. The van der Waals surface area contributed by atoms with Gasteiger partial charge in [0.15, 0.2) is 0 Å². The Bertz CT molecular complexity index is 466. The van der Waals surface area contributed by atoms with Crippen LogP contribution in [0.15, 0.2) is 37.5 Å². The third-order valence-electron chi connectivity index (χ3n) is 2.01. The van der Waals surface area contributed by atoms with Crippen LogP contribution in [-0.4, -0.2) is 48.8 Å². The molecule has 8 nitrogen and oxygen atoms in total. The Balaban J connectivity index is -0.000000310. The van der Waals surface area contributed by atoms with Crippen molar-refractivity contribution in [1.82, 2.24) is 0 Å². The highest BCUT2D eigenvalue weighted by molar-refractivity contribution is 5.90. The van der Waals surface area contributed by atoms with Gasteiger partial charge in [0.2, 0.25) is 0 Å². The minimum atomic E-state index is -1.16. The van der Waals surface area contributed by atoms with Crippen LogP contribution in [0.25, 0.3) is 0 Å². The highest BCUT2D eigenvalue weighted by Gasteiger charge is 1.94. The van der Waals surface area contributed by atoms with Crippen molar-refractivity contribution in [1.29, 1.82) is 0 Å². The molecule has 0 spiro atoms. The predicted octanol–water partition coefficient (Wildman–Crippen LogP) is 2.44. The molecule has 0 atom stereocenters. The molecular formula is C18H28O8. The first-order chi connectivity index (χ1) is 12.3. The van der Waals surface area contributed by atoms with E-state index in [4.69, 9.17) is 5.11 Å². The lowest BCUT2D eigenvalue weighted by molar-refractivity contribution is -0.138. The molecule has 148 valence electrons. The molecular weight excluding hydrogens is 344 g/mol. The van der Waals surface area contributed by atoms with Crippen molar-refractivity contribution in [3.63, 3.8) is 0 Å². The predicted molar refractivity (Wildman–Crippen MR) is 96.3 cm³/mol. The Morgan fingerprint density at radius 2 is 1.27 bits per heavy atom. The number of carbonyl (C=O) groups excluding carboxylic acids is 3. The zero-order valence-corrected chi connectivity index (χ0v) is 15.6. The minimum absolute atomic E-state index is 0.253. The third kappa shape index (κ3) is 29.2. The van der Waals surface area contributed by atoms with Gasteiger partial charge in [-0.25, -0.2) is 19.2 Å². The van der Waals surface area contributed by atoms with E-state index in [1.54, 1.807) is 13.8 Å². The first kappa shape index (κ1) is 27.9. The smallest absolute Gasteiger partial charge is 0.330 e. The molecule has 0 saturated heterocycles. The second-order valence-corrected chi connectivity index (χ2v) is 4.10. The maximum atomic E-state index is 10.4. The monoisotopic (exact) mass is 372 g/mol. The molecule has 0 saturated carbocycles. The van der Waals surface area contributed by atoms with Crippen LogP contribution in [0.5, 0.6) is 0 Å². The van der Waals surface area contributed by atoms with Gasteiger partial charge in [0.25, 0.3) is 0 Å². The molecule has 0 aliphatic carbocycles. The number of ether oxygens (including phenoxy) is 3. The topological polar surface area (TPSA) is 116 Å². The van der Waals surface area contributed by atoms with Gasteiger partial charge < -0.3 is 19.3 Å². The van der Waals surface area contributed by atoms with Gasteiger partial charge in [-0.15, -0.1) is 0 Å². The van der Waals surface area contributed by atoms with Gasteiger partial charge in [0.1, 0.15) is 0 Å². The third-order valence-corrected chi connectivity index (χ3v) is 2.01. The quantitative estimate of drug-likeness (QED) is 0.284. The summed E-state index contributed by atoms with van der Waals surface area (Å²) >= 11 is 0. The summed E-state index contributed by atoms with van der Waals surface area (Å²) in [6.45, 7) is 13.1. The van der Waals surface area contributed by atoms with Crippen LogP contribution in [0.3, 0.4) is 0 Å². The van der Waals surface area contributed by atoms with Gasteiger partial charge >= 0.3 is 23.9 Å². The summed E-state index contributed by atoms with van der Waals surface area (Å²) in [7, 11) is 0. The summed E-state index contributed by atoms with van der Waals surface area (Å²) in [5.41, 5.74) is 0. The van der Waals surface area contributed by atoms with Crippen molar-refractivity contribution in [2.75, 3.05) is 19.8 Å². The Hall–Kier alpha value is -2.90. The van der Waals surface area contributed by atoms with Crippen LogP contribution >= 0.6 is 0 Å². The largest absolute Gasteiger partial charge is 0.478 e. The lowest BCUT2D eigenvalue weighted by Crippen LogP contribution is -2.00. The zero-order chi connectivity index (χ0) is 20.8. The van der Waals surface area contributed by atoms with Gasteiger partial charge in [-0.1, -0.05) is 26.5 Å². The van der Waals surface area contributed by atoms with Crippen molar-refractivity contribution in [3.8, 4) is 0 Å². The molecule has 0 heterocycles. The second-order valence-electron chi connectivity index (χ2n) is 4.10. The van der Waals surface area contributed by atoms with Gasteiger partial charge in [0, 0.05) is 24.3 Å². The first-order valence-electron chi connectivity index (χ1n) is 7.94. The molecule has 0 rings (SSSR count). The van der Waals surface area contributed by atoms with Crippen LogP contribution in [-0.2, 0) is 33.4 Å². The van der Waals surface area contributed by atoms with Crippen LogP contribution < -0.4 is 0 Å². The van der Waals surface area contributed by atoms with E-state index in [9.17, 15) is 19.2 Å². The maximum Gasteiger partial charge on any atom is 0.330 e. The van der Waals surface area contributed by atoms with E-state index in [1.807, 2.05) is 6.92 Å². The van der Waals surface area contributed by atoms with Crippen LogP contribution in [0.2, 0.25) is 0 Å². The fourth-order valence-corrected chi connectivity index (χ4v) is 0.907. The highest BCUT2D eigenvalue weighted by Crippen LogP contribution is 1.88. The van der Waals surface area contributed by atoms with E-state index < -0.39 is 11.9 Å². The molecule has 0 radical (unpaired) electrons. The molecule has 26 heavy (non-hydrogen) atoms. The van der Waals surface area contributed by atoms with Gasteiger partial charge in [-0.05, 0) is 20.3 Å². The van der Waals surface area contributed by atoms with E-state index in [0.29, 0.717) is 13.2 Å². The molecule has 0 aromatic carbocycles. The van der Waals surface area contributed by atoms with Crippen molar-refractivity contribution in [2.45, 2.75) is 33.6 Å². The van der Waals surface area contributed by atoms with Crippen molar-refractivity contribution in [2.24, 2.45) is 0 Å².